The van der Waals surface area contributed by atoms with Crippen LogP contribution < -0.4 is 0 Å². The third-order valence-corrected chi connectivity index (χ3v) is 3.43. The lowest BCUT2D eigenvalue weighted by atomic mass is 10.1. The highest BCUT2D eigenvalue weighted by molar-refractivity contribution is 9.10. The molecule has 0 atom stereocenters. The normalized spacial score (nSPS) is 10.1. The van der Waals surface area contributed by atoms with Crippen LogP contribution in [0.15, 0.2) is 16.6 Å². The van der Waals surface area contributed by atoms with Gasteiger partial charge in [0.15, 0.2) is 0 Å². The molecule has 0 spiro atoms. The second kappa shape index (κ2) is 5.73. The van der Waals surface area contributed by atoms with E-state index in [1.165, 1.54) is 7.11 Å². The molecule has 0 amide bonds. The highest BCUT2D eigenvalue weighted by Gasteiger charge is 2.10. The molecule has 0 aliphatic heterocycles. The van der Waals surface area contributed by atoms with Crippen molar-refractivity contribution in [1.29, 1.82) is 0 Å². The Morgan fingerprint density at radius 2 is 2.13 bits per heavy atom. The number of carbonyl (C=O) groups is 1. The van der Waals surface area contributed by atoms with Gasteiger partial charge in [0.25, 0.3) is 0 Å². The quantitative estimate of drug-likeness (QED) is 0.630. The number of ether oxygens (including phenoxy) is 1. The van der Waals surface area contributed by atoms with E-state index in [9.17, 15) is 4.79 Å². The Hall–Kier alpha value is -0.250. The van der Waals surface area contributed by atoms with Crippen LogP contribution in [-0.4, -0.2) is 13.1 Å². The molecule has 0 bridgehead atoms. The predicted octanol–water partition coefficient (Wildman–Crippen LogP) is 3.56. The SMILES string of the molecule is COC(=O)Cc1cc(Br)c(Cl)cc1CCl. The maximum atomic E-state index is 11.1. The summed E-state index contributed by atoms with van der Waals surface area (Å²) in [4.78, 5) is 11.1. The molecule has 0 aliphatic carbocycles. The maximum Gasteiger partial charge on any atom is 0.309 e. The molecule has 1 aromatic carbocycles. The van der Waals surface area contributed by atoms with E-state index < -0.39 is 0 Å². The van der Waals surface area contributed by atoms with E-state index in [4.69, 9.17) is 23.2 Å². The number of hydrogen-bond acceptors (Lipinski definition) is 2. The smallest absolute Gasteiger partial charge is 0.309 e. The van der Waals surface area contributed by atoms with Crippen LogP contribution in [0.25, 0.3) is 0 Å². The van der Waals surface area contributed by atoms with E-state index in [-0.39, 0.29) is 12.4 Å². The number of rotatable bonds is 3. The molecule has 0 aliphatic rings. The molecular formula is C10H9BrCl2O2. The molecule has 0 fully saturated rings. The minimum absolute atomic E-state index is 0.203. The van der Waals surface area contributed by atoms with Gasteiger partial charge in [0.05, 0.1) is 18.6 Å². The highest BCUT2D eigenvalue weighted by atomic mass is 79.9. The molecule has 0 N–H and O–H groups in total. The number of methoxy groups -OCH3 is 1. The highest BCUT2D eigenvalue weighted by Crippen LogP contribution is 2.27. The minimum atomic E-state index is -0.296. The summed E-state index contributed by atoms with van der Waals surface area (Å²) >= 11 is 15.0. The van der Waals surface area contributed by atoms with Gasteiger partial charge in [0.2, 0.25) is 0 Å². The van der Waals surface area contributed by atoms with Crippen molar-refractivity contribution in [1.82, 2.24) is 0 Å². The number of hydrogen-bond donors (Lipinski definition) is 0. The molecule has 0 unspecified atom stereocenters. The van der Waals surface area contributed by atoms with E-state index in [1.807, 2.05) is 0 Å². The number of carbonyl (C=O) groups excluding carboxylic acids is 1. The van der Waals surface area contributed by atoms with Gasteiger partial charge in [-0.25, -0.2) is 0 Å². The summed E-state index contributed by atoms with van der Waals surface area (Å²) in [5, 5.41) is 0.583. The van der Waals surface area contributed by atoms with Gasteiger partial charge in [-0.3, -0.25) is 4.79 Å². The Bertz CT molecular complexity index is 380. The Morgan fingerprint density at radius 3 is 2.67 bits per heavy atom. The summed E-state index contributed by atoms with van der Waals surface area (Å²) in [6.07, 6.45) is 0.203. The van der Waals surface area contributed by atoms with Crippen molar-refractivity contribution in [3.05, 3.63) is 32.8 Å². The van der Waals surface area contributed by atoms with Crippen LogP contribution >= 0.6 is 39.1 Å². The van der Waals surface area contributed by atoms with Gasteiger partial charge in [-0.1, -0.05) is 11.6 Å². The van der Waals surface area contributed by atoms with E-state index >= 15 is 0 Å². The van der Waals surface area contributed by atoms with Gasteiger partial charge in [0, 0.05) is 10.4 Å². The third-order valence-electron chi connectivity index (χ3n) is 1.95. The second-order valence-corrected chi connectivity index (χ2v) is 4.45. The van der Waals surface area contributed by atoms with Gasteiger partial charge in [-0.15, -0.1) is 11.6 Å². The maximum absolute atomic E-state index is 11.1. The largest absolute Gasteiger partial charge is 0.469 e. The fraction of sp³-hybridized carbons (Fsp3) is 0.300. The van der Waals surface area contributed by atoms with E-state index in [0.717, 1.165) is 15.6 Å². The first-order valence-corrected chi connectivity index (χ1v) is 5.88. The van der Waals surface area contributed by atoms with Crippen LogP contribution in [0.2, 0.25) is 5.02 Å². The van der Waals surface area contributed by atoms with Crippen molar-refractivity contribution in [2.24, 2.45) is 0 Å². The number of benzene rings is 1. The summed E-state index contributed by atoms with van der Waals surface area (Å²) in [5.74, 6) is 0.0230. The Kier molecular flexibility index (Phi) is 4.90. The van der Waals surface area contributed by atoms with E-state index in [0.29, 0.717) is 10.9 Å². The van der Waals surface area contributed by atoms with Crippen LogP contribution in [-0.2, 0) is 21.8 Å². The van der Waals surface area contributed by atoms with Gasteiger partial charge in [0.1, 0.15) is 0 Å². The molecule has 0 radical (unpaired) electrons. The lowest BCUT2D eigenvalue weighted by Gasteiger charge is -2.08. The lowest BCUT2D eigenvalue weighted by molar-refractivity contribution is -0.139. The van der Waals surface area contributed by atoms with Crippen molar-refractivity contribution in [2.75, 3.05) is 7.11 Å². The summed E-state index contributed by atoms with van der Waals surface area (Å²) in [6.45, 7) is 0. The average Bonchev–Trinajstić information content (AvgIpc) is 2.22. The summed E-state index contributed by atoms with van der Waals surface area (Å²) < 4.78 is 5.34. The van der Waals surface area contributed by atoms with Gasteiger partial charge in [-0.2, -0.15) is 0 Å². The zero-order valence-electron chi connectivity index (χ0n) is 8.02. The van der Waals surface area contributed by atoms with Crippen molar-refractivity contribution in [2.45, 2.75) is 12.3 Å². The molecule has 82 valence electrons. The fourth-order valence-corrected chi connectivity index (χ4v) is 1.97. The third kappa shape index (κ3) is 3.37. The monoisotopic (exact) mass is 310 g/mol. The minimum Gasteiger partial charge on any atom is -0.469 e. The number of alkyl halides is 1. The van der Waals surface area contributed by atoms with Gasteiger partial charge < -0.3 is 4.74 Å². The van der Waals surface area contributed by atoms with E-state index in [1.54, 1.807) is 12.1 Å². The molecule has 0 saturated carbocycles. The number of halogens is 3. The zero-order valence-corrected chi connectivity index (χ0v) is 11.1. The molecule has 15 heavy (non-hydrogen) atoms. The first-order chi connectivity index (χ1) is 7.08. The molecule has 1 rings (SSSR count). The molecule has 0 heterocycles. The van der Waals surface area contributed by atoms with Crippen molar-refractivity contribution in [3.8, 4) is 0 Å². The molecule has 5 heteroatoms. The number of esters is 1. The average molecular weight is 312 g/mol. The summed E-state index contributed by atoms with van der Waals surface area (Å²) in [6, 6.07) is 3.54. The Balaban J connectivity index is 3.05. The molecule has 1 aromatic rings. The van der Waals surface area contributed by atoms with Crippen molar-refractivity contribution >= 4 is 45.1 Å². The Morgan fingerprint density at radius 1 is 1.47 bits per heavy atom. The first-order valence-electron chi connectivity index (χ1n) is 4.18. The van der Waals surface area contributed by atoms with Crippen molar-refractivity contribution < 1.29 is 9.53 Å². The van der Waals surface area contributed by atoms with Crippen LogP contribution in [0.5, 0.6) is 0 Å². The van der Waals surface area contributed by atoms with Crippen LogP contribution in [0.4, 0.5) is 0 Å². The van der Waals surface area contributed by atoms with Crippen LogP contribution in [0.3, 0.4) is 0 Å². The van der Waals surface area contributed by atoms with Gasteiger partial charge in [-0.05, 0) is 39.2 Å². The van der Waals surface area contributed by atoms with Gasteiger partial charge >= 0.3 is 5.97 Å². The topological polar surface area (TPSA) is 26.3 Å². The molecular weight excluding hydrogens is 303 g/mol. The van der Waals surface area contributed by atoms with Crippen LogP contribution in [0.1, 0.15) is 11.1 Å². The summed E-state index contributed by atoms with van der Waals surface area (Å²) in [7, 11) is 1.35. The van der Waals surface area contributed by atoms with E-state index in [2.05, 4.69) is 20.7 Å². The first kappa shape index (κ1) is 12.8. The zero-order chi connectivity index (χ0) is 11.4. The molecule has 0 saturated heterocycles. The fourth-order valence-electron chi connectivity index (χ4n) is 1.15. The standard InChI is InChI=1S/C10H9BrCl2O2/c1-15-10(14)4-6-2-8(11)9(13)3-7(6)5-12/h2-3H,4-5H2,1H3. The molecule has 0 aromatic heterocycles. The predicted molar refractivity (Wildman–Crippen MR) is 64.4 cm³/mol. The van der Waals surface area contributed by atoms with Crippen molar-refractivity contribution in [3.63, 3.8) is 0 Å². The summed E-state index contributed by atoms with van der Waals surface area (Å²) in [5.41, 5.74) is 1.67. The second-order valence-electron chi connectivity index (χ2n) is 2.92. The Labute approximate surface area is 107 Å². The lowest BCUT2D eigenvalue weighted by Crippen LogP contribution is -2.06. The molecule has 2 nitrogen and oxygen atoms in total. The van der Waals surface area contributed by atoms with Crippen LogP contribution in [0, 0.1) is 0 Å².